The van der Waals surface area contributed by atoms with Crippen LogP contribution < -0.4 is 5.32 Å². The summed E-state index contributed by atoms with van der Waals surface area (Å²) in [5.41, 5.74) is 2.58. The first-order valence-corrected chi connectivity index (χ1v) is 7.77. The van der Waals surface area contributed by atoms with Crippen LogP contribution in [0.5, 0.6) is 0 Å². The van der Waals surface area contributed by atoms with Gasteiger partial charge in [0.2, 0.25) is 0 Å². The van der Waals surface area contributed by atoms with E-state index in [1.54, 1.807) is 12.4 Å². The Labute approximate surface area is 118 Å². The van der Waals surface area contributed by atoms with Gasteiger partial charge in [-0.05, 0) is 38.0 Å². The fourth-order valence-corrected chi connectivity index (χ4v) is 3.17. The largest absolute Gasteiger partial charge is 0.461 e. The molecule has 1 fully saturated rings. The normalized spacial score (nSPS) is 19.1. The van der Waals surface area contributed by atoms with Crippen molar-refractivity contribution < 1.29 is 9.53 Å². The van der Waals surface area contributed by atoms with E-state index >= 15 is 0 Å². The molecule has 0 unspecified atom stereocenters. The SMILES string of the molecule is CCOC(=O)c1ncsc1NC1CCC(C)(C)CC1. The second kappa shape index (κ2) is 5.90. The maximum Gasteiger partial charge on any atom is 0.360 e. The van der Waals surface area contributed by atoms with Crippen molar-refractivity contribution in [3.05, 3.63) is 11.2 Å². The lowest BCUT2D eigenvalue weighted by molar-refractivity contribution is 0.0521. The minimum atomic E-state index is -0.331. The standard InChI is InChI=1S/C14H22N2O2S/c1-4-18-13(17)11-12(19-9-15-11)16-10-5-7-14(2,3)8-6-10/h9-10,16H,4-8H2,1-3H3. The molecular weight excluding hydrogens is 260 g/mol. The second-order valence-corrected chi connectivity index (χ2v) is 6.69. The zero-order valence-corrected chi connectivity index (χ0v) is 12.7. The highest BCUT2D eigenvalue weighted by Gasteiger charge is 2.28. The van der Waals surface area contributed by atoms with Crippen LogP contribution in [0.1, 0.15) is 56.9 Å². The van der Waals surface area contributed by atoms with E-state index < -0.39 is 0 Å². The van der Waals surface area contributed by atoms with Gasteiger partial charge in [-0.2, -0.15) is 0 Å². The lowest BCUT2D eigenvalue weighted by Gasteiger charge is -2.34. The fourth-order valence-electron chi connectivity index (χ4n) is 2.42. The summed E-state index contributed by atoms with van der Waals surface area (Å²) in [5.74, 6) is -0.331. The molecule has 0 bridgehead atoms. The third-order valence-electron chi connectivity index (χ3n) is 3.71. The third-order valence-corrected chi connectivity index (χ3v) is 4.47. The van der Waals surface area contributed by atoms with Crippen molar-refractivity contribution in [3.8, 4) is 0 Å². The summed E-state index contributed by atoms with van der Waals surface area (Å²) in [6.45, 7) is 6.83. The Kier molecular flexibility index (Phi) is 4.45. The van der Waals surface area contributed by atoms with Crippen molar-refractivity contribution in [3.63, 3.8) is 0 Å². The molecule has 0 aromatic carbocycles. The summed E-state index contributed by atoms with van der Waals surface area (Å²) >= 11 is 1.47. The molecule has 1 aliphatic rings. The Hall–Kier alpha value is -1.10. The van der Waals surface area contributed by atoms with Crippen molar-refractivity contribution in [1.29, 1.82) is 0 Å². The molecule has 19 heavy (non-hydrogen) atoms. The highest BCUT2D eigenvalue weighted by atomic mass is 32.1. The van der Waals surface area contributed by atoms with Gasteiger partial charge in [-0.1, -0.05) is 13.8 Å². The Bertz CT molecular complexity index is 432. The minimum absolute atomic E-state index is 0.331. The van der Waals surface area contributed by atoms with E-state index in [0.717, 1.165) is 17.8 Å². The van der Waals surface area contributed by atoms with Gasteiger partial charge in [0.15, 0.2) is 5.69 Å². The summed E-state index contributed by atoms with van der Waals surface area (Å²) in [5, 5.41) is 4.31. The Morgan fingerprint density at radius 1 is 1.53 bits per heavy atom. The molecule has 0 atom stereocenters. The molecule has 1 heterocycles. The van der Waals surface area contributed by atoms with E-state index in [1.807, 2.05) is 0 Å². The van der Waals surface area contributed by atoms with Gasteiger partial charge in [-0.15, -0.1) is 11.3 Å². The number of hydrogen-bond acceptors (Lipinski definition) is 5. The minimum Gasteiger partial charge on any atom is -0.461 e. The predicted octanol–water partition coefficient (Wildman–Crippen LogP) is 3.70. The summed E-state index contributed by atoms with van der Waals surface area (Å²) in [6.07, 6.45) is 4.73. The van der Waals surface area contributed by atoms with Crippen LogP contribution in [0, 0.1) is 5.41 Å². The van der Waals surface area contributed by atoms with E-state index in [0.29, 0.717) is 23.8 Å². The molecule has 4 nitrogen and oxygen atoms in total. The quantitative estimate of drug-likeness (QED) is 0.855. The third kappa shape index (κ3) is 3.69. The first-order valence-electron chi connectivity index (χ1n) is 6.89. The monoisotopic (exact) mass is 282 g/mol. The first kappa shape index (κ1) is 14.3. The number of carbonyl (C=O) groups is 1. The van der Waals surface area contributed by atoms with Crippen molar-refractivity contribution in [2.24, 2.45) is 5.41 Å². The van der Waals surface area contributed by atoms with Gasteiger partial charge >= 0.3 is 5.97 Å². The summed E-state index contributed by atoms with van der Waals surface area (Å²) in [7, 11) is 0. The van der Waals surface area contributed by atoms with Crippen molar-refractivity contribution >= 4 is 22.3 Å². The fraction of sp³-hybridized carbons (Fsp3) is 0.714. The number of nitrogens with one attached hydrogen (secondary N) is 1. The molecule has 5 heteroatoms. The molecular formula is C14H22N2O2S. The molecule has 0 spiro atoms. The lowest BCUT2D eigenvalue weighted by Crippen LogP contribution is -2.30. The number of ether oxygens (including phenoxy) is 1. The van der Waals surface area contributed by atoms with E-state index in [2.05, 4.69) is 24.1 Å². The van der Waals surface area contributed by atoms with Crippen molar-refractivity contribution in [1.82, 2.24) is 4.98 Å². The van der Waals surface area contributed by atoms with Crippen LogP contribution in [0.25, 0.3) is 0 Å². The van der Waals surface area contributed by atoms with Gasteiger partial charge in [0.25, 0.3) is 0 Å². The van der Waals surface area contributed by atoms with E-state index in [1.165, 1.54) is 24.2 Å². The molecule has 0 amide bonds. The van der Waals surface area contributed by atoms with Crippen LogP contribution >= 0.6 is 11.3 Å². The van der Waals surface area contributed by atoms with Crippen LogP contribution in [0.2, 0.25) is 0 Å². The van der Waals surface area contributed by atoms with E-state index in [-0.39, 0.29) is 5.97 Å². The first-order chi connectivity index (χ1) is 9.02. The molecule has 2 rings (SSSR count). The van der Waals surface area contributed by atoms with Crippen LogP contribution in [-0.4, -0.2) is 23.6 Å². The van der Waals surface area contributed by atoms with Crippen molar-refractivity contribution in [2.75, 3.05) is 11.9 Å². The molecule has 1 aliphatic carbocycles. The molecule has 1 aromatic rings. The van der Waals surface area contributed by atoms with Gasteiger partial charge in [-0.25, -0.2) is 9.78 Å². The number of anilines is 1. The Balaban J connectivity index is 1.97. The van der Waals surface area contributed by atoms with Gasteiger partial charge in [0, 0.05) is 6.04 Å². The predicted molar refractivity (Wildman–Crippen MR) is 77.7 cm³/mol. The second-order valence-electron chi connectivity index (χ2n) is 5.83. The number of carbonyl (C=O) groups excluding carboxylic acids is 1. The molecule has 1 saturated carbocycles. The van der Waals surface area contributed by atoms with Crippen LogP contribution in [0.15, 0.2) is 5.51 Å². The smallest absolute Gasteiger partial charge is 0.360 e. The average molecular weight is 282 g/mol. The summed E-state index contributed by atoms with van der Waals surface area (Å²) < 4.78 is 5.01. The molecule has 0 aliphatic heterocycles. The number of esters is 1. The molecule has 1 aromatic heterocycles. The molecule has 106 valence electrons. The summed E-state index contributed by atoms with van der Waals surface area (Å²) in [4.78, 5) is 15.9. The van der Waals surface area contributed by atoms with Crippen LogP contribution in [-0.2, 0) is 4.74 Å². The van der Waals surface area contributed by atoms with E-state index in [4.69, 9.17) is 4.74 Å². The number of aromatic nitrogens is 1. The number of nitrogens with zero attached hydrogens (tertiary/aromatic N) is 1. The zero-order valence-electron chi connectivity index (χ0n) is 11.9. The number of rotatable bonds is 4. The molecule has 0 radical (unpaired) electrons. The van der Waals surface area contributed by atoms with Gasteiger partial charge in [0.1, 0.15) is 5.00 Å². The number of thiazole rings is 1. The molecule has 1 N–H and O–H groups in total. The van der Waals surface area contributed by atoms with Crippen LogP contribution in [0.3, 0.4) is 0 Å². The Morgan fingerprint density at radius 2 is 2.21 bits per heavy atom. The van der Waals surface area contributed by atoms with Gasteiger partial charge in [0.05, 0.1) is 12.1 Å². The highest BCUT2D eigenvalue weighted by Crippen LogP contribution is 2.36. The van der Waals surface area contributed by atoms with Gasteiger partial charge < -0.3 is 10.1 Å². The van der Waals surface area contributed by atoms with Crippen LogP contribution in [0.4, 0.5) is 5.00 Å². The zero-order chi connectivity index (χ0) is 13.9. The van der Waals surface area contributed by atoms with Crippen molar-refractivity contribution in [2.45, 2.75) is 52.5 Å². The van der Waals surface area contributed by atoms with Gasteiger partial charge in [-0.3, -0.25) is 0 Å². The van der Waals surface area contributed by atoms with E-state index in [9.17, 15) is 4.79 Å². The number of hydrogen-bond donors (Lipinski definition) is 1. The Morgan fingerprint density at radius 3 is 2.84 bits per heavy atom. The average Bonchev–Trinajstić information content (AvgIpc) is 2.80. The maximum absolute atomic E-state index is 11.8. The lowest BCUT2D eigenvalue weighted by atomic mass is 9.75. The molecule has 0 saturated heterocycles. The maximum atomic E-state index is 11.8. The topological polar surface area (TPSA) is 51.2 Å². The summed E-state index contributed by atoms with van der Waals surface area (Å²) in [6, 6.07) is 0.446. The highest BCUT2D eigenvalue weighted by molar-refractivity contribution is 7.14.